The smallest absolute Gasteiger partial charge is 0.201 e. The van der Waals surface area contributed by atoms with Crippen LogP contribution in [0.2, 0.25) is 0 Å². The summed E-state index contributed by atoms with van der Waals surface area (Å²) in [4.78, 5) is 10.9. The molecule has 2 aliphatic heterocycles. The van der Waals surface area contributed by atoms with Crippen LogP contribution < -0.4 is 0 Å². The maximum Gasteiger partial charge on any atom is 0.201 e. The minimum absolute atomic E-state index is 0.170. The molecule has 210 valence electrons. The van der Waals surface area contributed by atoms with Crippen molar-refractivity contribution in [3.05, 3.63) is 179 Å². The molecule has 5 aromatic rings. The molecule has 0 amide bonds. The highest BCUT2D eigenvalue weighted by molar-refractivity contribution is 6.08. The molecule has 0 saturated heterocycles. The molecule has 0 aromatic heterocycles. The molecule has 0 saturated carbocycles. The second kappa shape index (κ2) is 10.7. The molecule has 0 N–H and O–H groups in total. The molecule has 2 heterocycles. The number of fused-ring (bicyclic) bond motifs is 1. The maximum atomic E-state index is 7.02. The van der Waals surface area contributed by atoms with Crippen molar-refractivity contribution in [2.75, 3.05) is 0 Å². The molecule has 0 unspecified atom stereocenters. The Morgan fingerprint density at radius 2 is 0.744 bits per heavy atom. The lowest BCUT2D eigenvalue weighted by atomic mass is 9.83. The van der Waals surface area contributed by atoms with Gasteiger partial charge in [-0.15, -0.1) is 0 Å². The predicted octanol–water partition coefficient (Wildman–Crippen LogP) is 8.59. The van der Waals surface area contributed by atoms with Crippen molar-refractivity contribution in [3.63, 3.8) is 0 Å². The first-order valence-electron chi connectivity index (χ1n) is 15.0. The van der Waals surface area contributed by atoms with E-state index in [0.717, 1.165) is 35.1 Å². The van der Waals surface area contributed by atoms with Crippen molar-refractivity contribution in [2.45, 2.75) is 37.1 Å². The van der Waals surface area contributed by atoms with Crippen LogP contribution in [-0.4, -0.2) is 11.8 Å². The second-order valence-electron chi connectivity index (χ2n) is 11.7. The molecule has 0 radical (unpaired) electrons. The molecule has 8 rings (SSSR count). The Morgan fingerprint density at radius 1 is 0.419 bits per heavy atom. The fourth-order valence-electron chi connectivity index (χ4n) is 6.89. The van der Waals surface area contributed by atoms with Crippen LogP contribution in [-0.2, 0) is 22.3 Å². The van der Waals surface area contributed by atoms with E-state index in [1.54, 1.807) is 0 Å². The average Bonchev–Trinajstić information content (AvgIpc) is 3.83. The molecule has 1 aliphatic carbocycles. The molecule has 0 bridgehead atoms. The predicted molar refractivity (Wildman–Crippen MR) is 170 cm³/mol. The van der Waals surface area contributed by atoms with Crippen molar-refractivity contribution < 1.29 is 9.47 Å². The van der Waals surface area contributed by atoms with Gasteiger partial charge in [-0.2, -0.15) is 0 Å². The van der Waals surface area contributed by atoms with Gasteiger partial charge in [0.15, 0.2) is 12.2 Å². The van der Waals surface area contributed by atoms with Crippen LogP contribution in [0.1, 0.15) is 57.7 Å². The molecule has 43 heavy (non-hydrogen) atoms. The fraction of sp³-hybridized carbons (Fsp3) is 0.179. The Morgan fingerprint density at radius 3 is 1.12 bits per heavy atom. The Bertz CT molecular complexity index is 1650. The summed E-state index contributed by atoms with van der Waals surface area (Å²) in [6.07, 6.45) is 0.979. The maximum absolute atomic E-state index is 7.02. The first kappa shape index (κ1) is 25.7. The quantitative estimate of drug-likeness (QED) is 0.209. The lowest BCUT2D eigenvalue weighted by molar-refractivity contribution is 0.156. The van der Waals surface area contributed by atoms with Crippen LogP contribution >= 0.6 is 0 Å². The highest BCUT2D eigenvalue weighted by Crippen LogP contribution is 2.52. The van der Waals surface area contributed by atoms with Crippen LogP contribution in [0.3, 0.4) is 0 Å². The standard InChI is InChI=1S/C39H32N2O2/c1-5-15-27(16-6-1)33-35(29-19-9-3-10-20-29)42-37(40-33)39(25-31-23-13-14-24-32(31)26-39)38-41-34(28-17-7-2-8-18-28)36(43-38)30-21-11-4-12-22-30/h1-24,33-36H,25-26H2/t33-,34-,35+,36+/m0/s1. The number of benzene rings is 5. The highest BCUT2D eigenvalue weighted by atomic mass is 16.5. The summed E-state index contributed by atoms with van der Waals surface area (Å²) in [7, 11) is 0. The SMILES string of the molecule is c1ccc([C@H]2OC(C3(C4=N[C@@H](c5ccccc5)[C@@H](c5ccccc5)O4)Cc4ccccc4C3)=N[C@H]2c2ccccc2)cc1. The summed E-state index contributed by atoms with van der Waals surface area (Å²) >= 11 is 0. The average molecular weight is 561 g/mol. The van der Waals surface area contributed by atoms with Gasteiger partial charge < -0.3 is 9.47 Å². The van der Waals surface area contributed by atoms with Crippen LogP contribution in [0, 0.1) is 5.41 Å². The van der Waals surface area contributed by atoms with E-state index in [-0.39, 0.29) is 24.3 Å². The van der Waals surface area contributed by atoms with Crippen LogP contribution in [0.25, 0.3) is 0 Å². The minimum atomic E-state index is -0.642. The summed E-state index contributed by atoms with van der Waals surface area (Å²) < 4.78 is 14.0. The van der Waals surface area contributed by atoms with E-state index in [0.29, 0.717) is 11.8 Å². The van der Waals surface area contributed by atoms with Gasteiger partial charge in [-0.3, -0.25) is 0 Å². The molecule has 4 atom stereocenters. The lowest BCUT2D eigenvalue weighted by Gasteiger charge is -2.29. The third-order valence-corrected chi connectivity index (χ3v) is 9.02. The third kappa shape index (κ3) is 4.54. The first-order chi connectivity index (χ1) is 21.3. The molecule has 4 nitrogen and oxygen atoms in total. The van der Waals surface area contributed by atoms with Crippen molar-refractivity contribution >= 4 is 11.8 Å². The van der Waals surface area contributed by atoms with Gasteiger partial charge in [-0.25, -0.2) is 9.98 Å². The minimum Gasteiger partial charge on any atom is -0.469 e. The van der Waals surface area contributed by atoms with E-state index in [9.17, 15) is 0 Å². The van der Waals surface area contributed by atoms with E-state index in [2.05, 4.69) is 121 Å². The monoisotopic (exact) mass is 560 g/mol. The summed E-state index contributed by atoms with van der Waals surface area (Å²) in [5.74, 6) is 1.43. The normalized spacial score (nSPS) is 23.5. The van der Waals surface area contributed by atoms with Crippen LogP contribution in [0.5, 0.6) is 0 Å². The van der Waals surface area contributed by atoms with E-state index in [1.807, 2.05) is 24.3 Å². The number of hydrogen-bond donors (Lipinski definition) is 0. The number of rotatable bonds is 6. The van der Waals surface area contributed by atoms with Crippen LogP contribution in [0.15, 0.2) is 156 Å². The number of ether oxygens (including phenoxy) is 2. The molecule has 3 aliphatic rings. The van der Waals surface area contributed by atoms with Gasteiger partial charge >= 0.3 is 0 Å². The molecule has 4 heteroatoms. The number of nitrogens with zero attached hydrogens (tertiary/aromatic N) is 2. The third-order valence-electron chi connectivity index (χ3n) is 9.02. The lowest BCUT2D eigenvalue weighted by Crippen LogP contribution is -2.41. The van der Waals surface area contributed by atoms with E-state index in [1.165, 1.54) is 11.1 Å². The van der Waals surface area contributed by atoms with Gasteiger partial charge in [0.1, 0.15) is 17.5 Å². The Labute approximate surface area is 252 Å². The zero-order valence-corrected chi connectivity index (χ0v) is 23.8. The number of aliphatic imine (C=N–C) groups is 2. The van der Waals surface area contributed by atoms with Gasteiger partial charge in [0.05, 0.1) is 0 Å². The van der Waals surface area contributed by atoms with Gasteiger partial charge in [0.2, 0.25) is 11.8 Å². The Kier molecular flexibility index (Phi) is 6.40. The van der Waals surface area contributed by atoms with E-state index in [4.69, 9.17) is 19.5 Å². The first-order valence-corrected chi connectivity index (χ1v) is 15.0. The van der Waals surface area contributed by atoms with Crippen LogP contribution in [0.4, 0.5) is 0 Å². The van der Waals surface area contributed by atoms with Crippen molar-refractivity contribution in [2.24, 2.45) is 15.4 Å². The van der Waals surface area contributed by atoms with Gasteiger partial charge in [0, 0.05) is 0 Å². The van der Waals surface area contributed by atoms with Crippen molar-refractivity contribution in [3.8, 4) is 0 Å². The van der Waals surface area contributed by atoms with Crippen molar-refractivity contribution in [1.82, 2.24) is 0 Å². The molecule has 0 fully saturated rings. The Balaban J connectivity index is 1.27. The summed E-state index contributed by atoms with van der Waals surface area (Å²) in [5.41, 5.74) is 6.43. The highest BCUT2D eigenvalue weighted by Gasteiger charge is 2.55. The topological polar surface area (TPSA) is 43.2 Å². The molecule has 0 spiro atoms. The van der Waals surface area contributed by atoms with Gasteiger partial charge in [-0.1, -0.05) is 146 Å². The summed E-state index contributed by atoms with van der Waals surface area (Å²) in [6, 6.07) is 50.2. The molecule has 5 aromatic carbocycles. The molecular formula is C39H32N2O2. The fourth-order valence-corrected chi connectivity index (χ4v) is 6.89. The number of hydrogen-bond acceptors (Lipinski definition) is 4. The zero-order valence-electron chi connectivity index (χ0n) is 23.8. The van der Waals surface area contributed by atoms with E-state index < -0.39 is 5.41 Å². The Hall–Kier alpha value is -4.96. The summed E-state index contributed by atoms with van der Waals surface area (Å²) in [5, 5.41) is 0. The second-order valence-corrected chi connectivity index (χ2v) is 11.7. The largest absolute Gasteiger partial charge is 0.469 e. The molecular weight excluding hydrogens is 528 g/mol. The van der Waals surface area contributed by atoms with E-state index >= 15 is 0 Å². The summed E-state index contributed by atoms with van der Waals surface area (Å²) in [6.45, 7) is 0. The van der Waals surface area contributed by atoms with Gasteiger partial charge in [0.25, 0.3) is 0 Å². The van der Waals surface area contributed by atoms with Gasteiger partial charge in [-0.05, 0) is 46.2 Å². The zero-order chi connectivity index (χ0) is 28.6. The van der Waals surface area contributed by atoms with Crippen molar-refractivity contribution in [1.29, 1.82) is 0 Å².